The van der Waals surface area contributed by atoms with Crippen LogP contribution in [0.2, 0.25) is 5.02 Å². The van der Waals surface area contributed by atoms with Crippen LogP contribution in [0, 0.1) is 6.92 Å². The predicted molar refractivity (Wildman–Crippen MR) is 81.1 cm³/mol. The van der Waals surface area contributed by atoms with Gasteiger partial charge in [0.15, 0.2) is 5.82 Å². The van der Waals surface area contributed by atoms with Crippen LogP contribution in [-0.2, 0) is 19.5 Å². The van der Waals surface area contributed by atoms with E-state index in [0.717, 1.165) is 35.3 Å². The molecule has 0 saturated carbocycles. The summed E-state index contributed by atoms with van der Waals surface area (Å²) in [5.41, 5.74) is 2.24. The highest BCUT2D eigenvalue weighted by Crippen LogP contribution is 2.21. The number of halogens is 1. The van der Waals surface area contributed by atoms with Crippen molar-refractivity contribution in [1.82, 2.24) is 14.8 Å². The number of nitrogens with zero attached hydrogens (tertiary/aromatic N) is 3. The minimum atomic E-state index is 0.689. The molecular formula is C15H19ClN4. The van der Waals surface area contributed by atoms with Gasteiger partial charge in [-0.1, -0.05) is 24.1 Å². The zero-order valence-corrected chi connectivity index (χ0v) is 12.5. The van der Waals surface area contributed by atoms with Crippen LogP contribution in [-0.4, -0.2) is 14.8 Å². The van der Waals surface area contributed by atoms with Crippen LogP contribution in [0.15, 0.2) is 18.2 Å². The summed E-state index contributed by atoms with van der Waals surface area (Å²) in [6.45, 7) is 3.80. The molecule has 5 heteroatoms. The first-order chi connectivity index (χ1) is 9.74. The van der Waals surface area contributed by atoms with E-state index < -0.39 is 0 Å². The molecule has 0 aliphatic carbocycles. The summed E-state index contributed by atoms with van der Waals surface area (Å²) in [4.78, 5) is 0. The van der Waals surface area contributed by atoms with Gasteiger partial charge in [0.25, 0.3) is 0 Å². The summed E-state index contributed by atoms with van der Waals surface area (Å²) < 4.78 is 2.26. The van der Waals surface area contributed by atoms with E-state index >= 15 is 0 Å². The number of aryl methyl sites for hydroxylation is 2. The van der Waals surface area contributed by atoms with Crippen LogP contribution < -0.4 is 5.32 Å². The van der Waals surface area contributed by atoms with Crippen molar-refractivity contribution in [3.05, 3.63) is 40.4 Å². The smallest absolute Gasteiger partial charge is 0.152 e. The van der Waals surface area contributed by atoms with Gasteiger partial charge in [-0.3, -0.25) is 0 Å². The SMILES string of the molecule is Cc1ccc(Cl)cc1NCc1nnc2n1CCCCC2. The Morgan fingerprint density at radius 1 is 1.25 bits per heavy atom. The highest BCUT2D eigenvalue weighted by molar-refractivity contribution is 6.30. The Hall–Kier alpha value is -1.55. The van der Waals surface area contributed by atoms with E-state index in [4.69, 9.17) is 11.6 Å². The van der Waals surface area contributed by atoms with E-state index in [2.05, 4.69) is 27.0 Å². The molecule has 0 spiro atoms. The van der Waals surface area contributed by atoms with Crippen molar-refractivity contribution in [1.29, 1.82) is 0 Å². The molecule has 0 fully saturated rings. The zero-order valence-electron chi connectivity index (χ0n) is 11.7. The number of aromatic nitrogens is 3. The monoisotopic (exact) mass is 290 g/mol. The fourth-order valence-corrected chi connectivity index (χ4v) is 2.81. The van der Waals surface area contributed by atoms with E-state index in [0.29, 0.717) is 6.54 Å². The lowest BCUT2D eigenvalue weighted by Gasteiger charge is -2.11. The Bertz CT molecular complexity index is 606. The molecule has 2 heterocycles. The quantitative estimate of drug-likeness (QED) is 0.939. The van der Waals surface area contributed by atoms with Crippen molar-refractivity contribution < 1.29 is 0 Å². The third-order valence-corrected chi connectivity index (χ3v) is 4.06. The van der Waals surface area contributed by atoms with Crippen LogP contribution >= 0.6 is 11.6 Å². The number of hydrogen-bond donors (Lipinski definition) is 1. The largest absolute Gasteiger partial charge is 0.377 e. The normalized spacial score (nSPS) is 14.7. The standard InChI is InChI=1S/C15H19ClN4/c1-11-6-7-12(16)9-13(11)17-10-15-19-18-14-5-3-2-4-8-20(14)15/h6-7,9,17H,2-5,8,10H2,1H3. The predicted octanol–water partition coefficient (Wildman–Crippen LogP) is 3.58. The highest BCUT2D eigenvalue weighted by atomic mass is 35.5. The molecular weight excluding hydrogens is 272 g/mol. The van der Waals surface area contributed by atoms with Gasteiger partial charge in [0.1, 0.15) is 5.82 Å². The van der Waals surface area contributed by atoms with Gasteiger partial charge in [0, 0.05) is 23.7 Å². The number of rotatable bonds is 3. The number of benzene rings is 1. The third kappa shape index (κ3) is 2.80. The Morgan fingerprint density at radius 3 is 3.05 bits per heavy atom. The molecule has 0 amide bonds. The summed E-state index contributed by atoms with van der Waals surface area (Å²) in [6, 6.07) is 5.89. The summed E-state index contributed by atoms with van der Waals surface area (Å²) in [5, 5.41) is 12.8. The van der Waals surface area contributed by atoms with Crippen molar-refractivity contribution in [3.63, 3.8) is 0 Å². The van der Waals surface area contributed by atoms with Crippen LogP contribution in [0.4, 0.5) is 5.69 Å². The second-order valence-corrected chi connectivity index (χ2v) is 5.74. The van der Waals surface area contributed by atoms with Crippen LogP contribution in [0.3, 0.4) is 0 Å². The highest BCUT2D eigenvalue weighted by Gasteiger charge is 2.14. The Kier molecular flexibility index (Phi) is 3.92. The van der Waals surface area contributed by atoms with Crippen LogP contribution in [0.5, 0.6) is 0 Å². The molecule has 1 aliphatic rings. The van der Waals surface area contributed by atoms with Crippen molar-refractivity contribution in [2.45, 2.75) is 45.7 Å². The molecule has 0 saturated heterocycles. The average molecular weight is 291 g/mol. The summed E-state index contributed by atoms with van der Waals surface area (Å²) >= 11 is 6.04. The molecule has 0 bridgehead atoms. The third-order valence-electron chi connectivity index (χ3n) is 3.82. The van der Waals surface area contributed by atoms with Crippen LogP contribution in [0.25, 0.3) is 0 Å². The minimum absolute atomic E-state index is 0.689. The number of hydrogen-bond acceptors (Lipinski definition) is 3. The Labute approximate surface area is 124 Å². The van der Waals surface area contributed by atoms with E-state index in [9.17, 15) is 0 Å². The fraction of sp³-hybridized carbons (Fsp3) is 0.467. The van der Waals surface area contributed by atoms with Crippen LogP contribution in [0.1, 0.15) is 36.5 Å². The lowest BCUT2D eigenvalue weighted by Crippen LogP contribution is -2.10. The first kappa shape index (κ1) is 13.4. The van der Waals surface area contributed by atoms with Gasteiger partial charge < -0.3 is 9.88 Å². The second kappa shape index (κ2) is 5.83. The number of fused-ring (bicyclic) bond motifs is 1. The van der Waals surface area contributed by atoms with Gasteiger partial charge in [0.2, 0.25) is 0 Å². The maximum atomic E-state index is 6.04. The molecule has 0 atom stereocenters. The molecule has 1 aliphatic heterocycles. The van der Waals surface area contributed by atoms with Gasteiger partial charge in [-0.05, 0) is 37.5 Å². The number of anilines is 1. The Balaban J connectivity index is 1.75. The van der Waals surface area contributed by atoms with E-state index in [-0.39, 0.29) is 0 Å². The molecule has 106 valence electrons. The molecule has 0 unspecified atom stereocenters. The van der Waals surface area contributed by atoms with Gasteiger partial charge in [-0.15, -0.1) is 10.2 Å². The molecule has 20 heavy (non-hydrogen) atoms. The van der Waals surface area contributed by atoms with Crippen molar-refractivity contribution in [2.24, 2.45) is 0 Å². The molecule has 1 aromatic heterocycles. The van der Waals surface area contributed by atoms with E-state index in [1.165, 1.54) is 24.8 Å². The summed E-state index contributed by atoms with van der Waals surface area (Å²) in [6.07, 6.45) is 4.76. The average Bonchev–Trinajstić information content (AvgIpc) is 2.68. The minimum Gasteiger partial charge on any atom is -0.377 e. The lowest BCUT2D eigenvalue weighted by atomic mass is 10.2. The number of nitrogens with one attached hydrogen (secondary N) is 1. The first-order valence-corrected chi connectivity index (χ1v) is 7.53. The Morgan fingerprint density at radius 2 is 2.15 bits per heavy atom. The second-order valence-electron chi connectivity index (χ2n) is 5.31. The van der Waals surface area contributed by atoms with Crippen molar-refractivity contribution in [3.8, 4) is 0 Å². The summed E-state index contributed by atoms with van der Waals surface area (Å²) in [5.74, 6) is 2.14. The summed E-state index contributed by atoms with van der Waals surface area (Å²) in [7, 11) is 0. The van der Waals surface area contributed by atoms with Gasteiger partial charge >= 0.3 is 0 Å². The molecule has 2 aromatic rings. The van der Waals surface area contributed by atoms with E-state index in [1.807, 2.05) is 18.2 Å². The lowest BCUT2D eigenvalue weighted by molar-refractivity contribution is 0.610. The van der Waals surface area contributed by atoms with Gasteiger partial charge in [-0.2, -0.15) is 0 Å². The fourth-order valence-electron chi connectivity index (χ4n) is 2.63. The van der Waals surface area contributed by atoms with Crippen molar-refractivity contribution in [2.75, 3.05) is 5.32 Å². The molecule has 4 nitrogen and oxygen atoms in total. The first-order valence-electron chi connectivity index (χ1n) is 7.15. The van der Waals surface area contributed by atoms with Gasteiger partial charge in [-0.25, -0.2) is 0 Å². The van der Waals surface area contributed by atoms with Gasteiger partial charge in [0.05, 0.1) is 6.54 Å². The topological polar surface area (TPSA) is 42.7 Å². The molecule has 3 rings (SSSR count). The zero-order chi connectivity index (χ0) is 13.9. The molecule has 0 radical (unpaired) electrons. The maximum Gasteiger partial charge on any atom is 0.152 e. The molecule has 1 N–H and O–H groups in total. The van der Waals surface area contributed by atoms with Crippen molar-refractivity contribution >= 4 is 17.3 Å². The van der Waals surface area contributed by atoms with E-state index in [1.54, 1.807) is 0 Å². The maximum absolute atomic E-state index is 6.04. The molecule has 1 aromatic carbocycles.